The summed E-state index contributed by atoms with van der Waals surface area (Å²) in [6.07, 6.45) is 27.8. The molecule has 19 nitrogen and oxygen atoms in total. The molecule has 0 saturated heterocycles. The number of phosphoric acid groups is 2. The standard InChI is InChI=1S/C51H80O19P2/c1-3-5-7-8-9-10-11-12-13-14-15-16-17-18-19-20-21-26-30-36-45(56)68-41(39-67-72(64,65)70-51-48(59)46(57)47(58)50(49(51)60)69-71(61,62)63)38-66-44(55)37-31-35-43(54)42(53)34-29-25-23-22-24-28-33-40(52)32-27-6-4-2/h5-7,9-10,12-13,15-16,18-19,22-25,27-29,33-34,40-43,46-54,57-60H,3-4,8,11,14,17,20-21,26,30-32,35-39H2,1-2H3,(H,64,65)(H2,61,62,63)/b7-5-,10-9-,13-12-,16-15-,19-18-,24-22+,25-23-,27-6-,33-28+,34-29-/t40-,41-,42+,43+,46?,47?,48?,49?,50-,51+/m1/s1. The molecule has 0 aromatic carbocycles. The summed E-state index contributed by atoms with van der Waals surface area (Å²) < 4.78 is 49.1. The molecule has 5 unspecified atom stereocenters. The summed E-state index contributed by atoms with van der Waals surface area (Å²) in [7, 11) is -10.8. The normalized spacial score (nSPS) is 23.1. The van der Waals surface area contributed by atoms with E-state index in [0.717, 1.165) is 51.4 Å². The lowest BCUT2D eigenvalue weighted by Gasteiger charge is -2.43. The van der Waals surface area contributed by atoms with Gasteiger partial charge in [-0.3, -0.25) is 23.2 Å². The Bertz CT molecular complexity index is 1900. The molecule has 1 saturated carbocycles. The van der Waals surface area contributed by atoms with E-state index in [2.05, 4.69) is 66.1 Å². The van der Waals surface area contributed by atoms with E-state index in [1.54, 1.807) is 36.5 Å². The molecular formula is C51H80O19P2. The van der Waals surface area contributed by atoms with Gasteiger partial charge in [0.1, 0.15) is 43.2 Å². The van der Waals surface area contributed by atoms with E-state index in [1.165, 1.54) is 12.2 Å². The first kappa shape index (κ1) is 66.3. The second kappa shape index (κ2) is 39.7. The van der Waals surface area contributed by atoms with Gasteiger partial charge in [-0.25, -0.2) is 9.13 Å². The lowest BCUT2D eigenvalue weighted by Crippen LogP contribution is -2.64. The zero-order valence-electron chi connectivity index (χ0n) is 41.4. The monoisotopic (exact) mass is 1060 g/mol. The van der Waals surface area contributed by atoms with Crippen molar-refractivity contribution < 1.29 is 92.2 Å². The highest BCUT2D eigenvalue weighted by atomic mass is 31.2. The molecule has 0 amide bonds. The van der Waals surface area contributed by atoms with Crippen LogP contribution in [0.25, 0.3) is 0 Å². The Labute approximate surface area is 424 Å². The molecule has 408 valence electrons. The van der Waals surface area contributed by atoms with E-state index in [-0.39, 0.29) is 25.7 Å². The summed E-state index contributed by atoms with van der Waals surface area (Å²) in [5.41, 5.74) is 0. The van der Waals surface area contributed by atoms with E-state index in [0.29, 0.717) is 19.3 Å². The molecule has 1 rings (SSSR count). The average molecular weight is 1060 g/mol. The number of allylic oxidation sites excluding steroid dienone is 17. The van der Waals surface area contributed by atoms with Gasteiger partial charge in [-0.2, -0.15) is 0 Å². The van der Waals surface area contributed by atoms with Crippen LogP contribution < -0.4 is 0 Å². The van der Waals surface area contributed by atoms with Crippen LogP contribution in [0.5, 0.6) is 0 Å². The fourth-order valence-corrected chi connectivity index (χ4v) is 8.05. The SMILES string of the molecule is CC/C=C\C/C=C\C/C=C\C/C=C\C/C=C\CCCCCC(=O)O[C@H](COC(=O)CCC[C@H](O)[C@@H](O)\C=C/C=C\C=C\C=C\[C@H](O)C/C=C\CC)COP(=O)(O)O[C@H]1C(O)C(O)C(O)[C@@H](OP(=O)(O)O)C1O. The van der Waals surface area contributed by atoms with Gasteiger partial charge >= 0.3 is 27.6 Å². The summed E-state index contributed by atoms with van der Waals surface area (Å²) in [6.45, 7) is 2.47. The highest BCUT2D eigenvalue weighted by Crippen LogP contribution is 2.49. The van der Waals surface area contributed by atoms with Crippen LogP contribution in [0.4, 0.5) is 0 Å². The maximum Gasteiger partial charge on any atom is 0.472 e. The fraction of sp³-hybridized carbons (Fsp3) is 0.569. The van der Waals surface area contributed by atoms with E-state index >= 15 is 0 Å². The van der Waals surface area contributed by atoms with Gasteiger partial charge in [0.2, 0.25) is 0 Å². The van der Waals surface area contributed by atoms with Crippen LogP contribution >= 0.6 is 15.6 Å². The lowest BCUT2D eigenvalue weighted by atomic mass is 9.85. The van der Waals surface area contributed by atoms with Crippen LogP contribution in [0.2, 0.25) is 0 Å². The number of hydrogen-bond donors (Lipinski definition) is 10. The number of hydrogen-bond acceptors (Lipinski definition) is 16. The van der Waals surface area contributed by atoms with Gasteiger partial charge in [0.25, 0.3) is 0 Å². The molecule has 0 bridgehead atoms. The number of ether oxygens (including phenoxy) is 2. The van der Waals surface area contributed by atoms with Crippen molar-refractivity contribution in [2.75, 3.05) is 13.2 Å². The first-order valence-electron chi connectivity index (χ1n) is 24.4. The molecule has 0 spiro atoms. The van der Waals surface area contributed by atoms with Crippen molar-refractivity contribution in [2.24, 2.45) is 0 Å². The maximum absolute atomic E-state index is 13.0. The first-order valence-corrected chi connectivity index (χ1v) is 27.4. The summed E-state index contributed by atoms with van der Waals surface area (Å²) in [5.74, 6) is -1.59. The van der Waals surface area contributed by atoms with Crippen molar-refractivity contribution in [3.63, 3.8) is 0 Å². The van der Waals surface area contributed by atoms with Gasteiger partial charge < -0.3 is 59.9 Å². The van der Waals surface area contributed by atoms with Crippen LogP contribution in [-0.4, -0.2) is 137 Å². The molecule has 11 atom stereocenters. The van der Waals surface area contributed by atoms with Crippen LogP contribution in [0.1, 0.15) is 110 Å². The fourth-order valence-electron chi connectivity index (χ4n) is 6.51. The number of unbranched alkanes of at least 4 members (excludes halogenated alkanes) is 3. The molecule has 21 heteroatoms. The van der Waals surface area contributed by atoms with Gasteiger partial charge in [-0.15, -0.1) is 0 Å². The number of phosphoric ester groups is 2. The van der Waals surface area contributed by atoms with Crippen molar-refractivity contribution in [2.45, 2.75) is 171 Å². The molecule has 1 fully saturated rings. The third-order valence-electron chi connectivity index (χ3n) is 10.4. The van der Waals surface area contributed by atoms with Crippen molar-refractivity contribution in [3.8, 4) is 0 Å². The number of esters is 2. The molecule has 0 aromatic heterocycles. The van der Waals surface area contributed by atoms with Crippen LogP contribution in [0.15, 0.2) is 122 Å². The van der Waals surface area contributed by atoms with E-state index < -0.39 is 102 Å². The summed E-state index contributed by atoms with van der Waals surface area (Å²) in [6, 6.07) is 0. The third-order valence-corrected chi connectivity index (χ3v) is 11.9. The minimum atomic E-state index is -5.42. The van der Waals surface area contributed by atoms with Gasteiger partial charge in [0, 0.05) is 12.8 Å². The predicted molar refractivity (Wildman–Crippen MR) is 272 cm³/mol. The second-order valence-corrected chi connectivity index (χ2v) is 19.2. The molecule has 0 aliphatic heterocycles. The van der Waals surface area contributed by atoms with Gasteiger partial charge in [0.05, 0.1) is 24.9 Å². The van der Waals surface area contributed by atoms with E-state index in [1.807, 2.05) is 25.2 Å². The Kier molecular flexibility index (Phi) is 36.6. The minimum absolute atomic E-state index is 0.0108. The largest absolute Gasteiger partial charge is 0.472 e. The zero-order valence-corrected chi connectivity index (χ0v) is 43.2. The quantitative estimate of drug-likeness (QED) is 0.0105. The number of carbonyl (C=O) groups is 2. The van der Waals surface area contributed by atoms with Crippen molar-refractivity contribution >= 4 is 27.6 Å². The molecule has 0 aromatic rings. The Morgan fingerprint density at radius 1 is 0.556 bits per heavy atom. The Morgan fingerprint density at radius 3 is 1.65 bits per heavy atom. The van der Waals surface area contributed by atoms with E-state index in [9.17, 15) is 69.1 Å². The van der Waals surface area contributed by atoms with Gasteiger partial charge in [-0.05, 0) is 77.0 Å². The molecule has 1 aliphatic rings. The molecule has 1 aliphatic carbocycles. The Balaban J connectivity index is 2.75. The van der Waals surface area contributed by atoms with Crippen LogP contribution in [0, 0.1) is 0 Å². The van der Waals surface area contributed by atoms with Crippen LogP contribution in [-0.2, 0) is 41.8 Å². The molecule has 10 N–H and O–H groups in total. The molecular weight excluding hydrogens is 978 g/mol. The summed E-state index contributed by atoms with van der Waals surface area (Å²) >= 11 is 0. The average Bonchev–Trinajstić information content (AvgIpc) is 3.33. The maximum atomic E-state index is 13.0. The van der Waals surface area contributed by atoms with Crippen molar-refractivity contribution in [3.05, 3.63) is 122 Å². The summed E-state index contributed by atoms with van der Waals surface area (Å²) in [5, 5.41) is 71.8. The Morgan fingerprint density at radius 2 is 1.07 bits per heavy atom. The lowest BCUT2D eigenvalue weighted by molar-refractivity contribution is -0.216. The minimum Gasteiger partial charge on any atom is -0.462 e. The summed E-state index contributed by atoms with van der Waals surface area (Å²) in [4.78, 5) is 54.4. The first-order chi connectivity index (χ1) is 34.3. The topological polar surface area (TPSA) is 317 Å². The second-order valence-electron chi connectivity index (χ2n) is 16.6. The Hall–Kier alpha value is -3.72. The van der Waals surface area contributed by atoms with E-state index in [4.69, 9.17) is 18.5 Å². The van der Waals surface area contributed by atoms with Crippen molar-refractivity contribution in [1.29, 1.82) is 0 Å². The van der Waals surface area contributed by atoms with Crippen molar-refractivity contribution in [1.82, 2.24) is 0 Å². The predicted octanol–water partition coefficient (Wildman–Crippen LogP) is 6.41. The number of carbonyl (C=O) groups excluding carboxylic acids is 2. The highest BCUT2D eigenvalue weighted by Gasteiger charge is 2.54. The number of aliphatic hydroxyl groups excluding tert-OH is 7. The highest BCUT2D eigenvalue weighted by molar-refractivity contribution is 7.47. The zero-order chi connectivity index (χ0) is 53.6. The molecule has 0 radical (unpaired) electrons. The van der Waals surface area contributed by atoms with Gasteiger partial charge in [0.15, 0.2) is 6.10 Å². The van der Waals surface area contributed by atoms with Crippen LogP contribution in [0.3, 0.4) is 0 Å². The van der Waals surface area contributed by atoms with Gasteiger partial charge in [-0.1, -0.05) is 142 Å². The molecule has 0 heterocycles. The third kappa shape index (κ3) is 33.2. The number of aliphatic hydroxyl groups is 7. The smallest absolute Gasteiger partial charge is 0.462 e. The molecule has 72 heavy (non-hydrogen) atoms. The number of rotatable bonds is 38.